The van der Waals surface area contributed by atoms with Crippen LogP contribution in [0.25, 0.3) is 0 Å². The maximum absolute atomic E-state index is 12.1. The van der Waals surface area contributed by atoms with Gasteiger partial charge in [0.15, 0.2) is 0 Å². The number of rotatable bonds is 4. The van der Waals surface area contributed by atoms with Gasteiger partial charge < -0.3 is 40.7 Å². The molecule has 0 atom stereocenters. The van der Waals surface area contributed by atoms with E-state index in [-0.39, 0.29) is 37.7 Å². The molecule has 11 heteroatoms. The summed E-state index contributed by atoms with van der Waals surface area (Å²) in [7, 11) is -3.65. The summed E-state index contributed by atoms with van der Waals surface area (Å²) in [6.07, 6.45) is 10.2. The van der Waals surface area contributed by atoms with Crippen LogP contribution in [0.2, 0.25) is 0 Å². The van der Waals surface area contributed by atoms with E-state index in [4.69, 9.17) is 43.0 Å². The van der Waals surface area contributed by atoms with Gasteiger partial charge in [-0.1, -0.05) is 121 Å². The monoisotopic (exact) mass is 794 g/mol. The van der Waals surface area contributed by atoms with Crippen molar-refractivity contribution < 1.29 is 28.4 Å². The van der Waals surface area contributed by atoms with E-state index >= 15 is 0 Å². The number of hydrogen-bond acceptors (Lipinski definition) is 8. The molecule has 0 spiro atoms. The predicted octanol–water partition coefficient (Wildman–Crippen LogP) is 6.66. The van der Waals surface area contributed by atoms with E-state index < -0.39 is 12.6 Å². The molecule has 0 saturated carbocycles. The minimum absolute atomic E-state index is 0. The fourth-order valence-corrected chi connectivity index (χ4v) is 9.15. The smallest absolute Gasteiger partial charge is 0.793 e. The largest absolute Gasteiger partial charge is 2.00 e. The predicted molar refractivity (Wildman–Crippen MR) is 220 cm³/mol. The van der Waals surface area contributed by atoms with Crippen molar-refractivity contribution in [3.8, 4) is 0 Å². The summed E-state index contributed by atoms with van der Waals surface area (Å²) in [5, 5.41) is 0.931. The molecule has 0 aliphatic carbocycles. The standard InChI is InChI=1S/C12H11O2P.C12H11PS2.4C4H8O.Ca/c13-15(14,11-7-3-1-4-8-11)12-9-5-2-6-10-12;14-13(15,11-7-3-1-4-8-11)12-9-5-2-6-10-12;4*1-2-4-5-3-1;/h1-10H,(H,13,14);1-10H,(H,14,15);4*1-4H2;/q;;;;;;+2/p-2. The maximum Gasteiger partial charge on any atom is 2.00 e. The Hall–Kier alpha value is -0.830. The van der Waals surface area contributed by atoms with Crippen LogP contribution in [0.5, 0.6) is 0 Å². The second kappa shape index (κ2) is 28.6. The van der Waals surface area contributed by atoms with Gasteiger partial charge in [0, 0.05) is 63.5 Å². The van der Waals surface area contributed by atoms with Crippen LogP contribution in [0.15, 0.2) is 121 Å². The zero-order valence-electron chi connectivity index (χ0n) is 29.7. The van der Waals surface area contributed by atoms with Crippen LogP contribution >= 0.6 is 12.6 Å². The summed E-state index contributed by atoms with van der Waals surface area (Å²) in [6.45, 7) is 8.00. The Morgan fingerprint density at radius 2 is 0.627 bits per heavy atom. The van der Waals surface area contributed by atoms with Crippen molar-refractivity contribution in [2.75, 3.05) is 52.9 Å². The van der Waals surface area contributed by atoms with Crippen molar-refractivity contribution in [2.24, 2.45) is 0 Å². The van der Waals surface area contributed by atoms with Crippen molar-refractivity contribution in [1.82, 2.24) is 0 Å². The fraction of sp³-hybridized carbons (Fsp3) is 0.400. The van der Waals surface area contributed by atoms with Crippen LogP contribution in [-0.4, -0.2) is 90.6 Å². The number of benzene rings is 4. The van der Waals surface area contributed by atoms with Crippen LogP contribution < -0.4 is 26.1 Å². The van der Waals surface area contributed by atoms with Crippen molar-refractivity contribution in [3.05, 3.63) is 121 Å². The zero-order valence-corrected chi connectivity index (χ0v) is 35.4. The first kappa shape index (κ1) is 46.3. The summed E-state index contributed by atoms with van der Waals surface area (Å²) in [6, 6.07) is 37.0. The molecule has 0 amide bonds. The van der Waals surface area contributed by atoms with E-state index in [9.17, 15) is 9.46 Å². The van der Waals surface area contributed by atoms with Gasteiger partial charge in [-0.05, 0) is 62.0 Å². The second-order valence-electron chi connectivity index (χ2n) is 11.7. The average molecular weight is 795 g/mol. The van der Waals surface area contributed by atoms with Crippen LogP contribution in [0.3, 0.4) is 0 Å². The Labute approximate surface area is 346 Å². The van der Waals surface area contributed by atoms with Crippen molar-refractivity contribution >= 4 is 95.6 Å². The SMILES string of the molecule is C1CCOC1.C1CCOC1.C1CCOC1.C1CCOC1.O=P([O-])(c1ccccc1)c1ccccc1.S=P([S-])(c1ccccc1)c1ccccc1.[Ca+2]. The second-order valence-corrected chi connectivity index (χ2v) is 20.0. The van der Waals surface area contributed by atoms with Crippen LogP contribution in [0.4, 0.5) is 0 Å². The summed E-state index contributed by atoms with van der Waals surface area (Å²) in [5.41, 5.74) is 0. The molecular weight excluding hydrogens is 743 g/mol. The molecule has 4 aliphatic rings. The molecule has 8 rings (SSSR count). The van der Waals surface area contributed by atoms with E-state index in [1.165, 1.54) is 51.4 Å². The van der Waals surface area contributed by atoms with Gasteiger partial charge >= 0.3 is 37.7 Å². The molecule has 4 fully saturated rings. The zero-order chi connectivity index (χ0) is 35.6. The van der Waals surface area contributed by atoms with Gasteiger partial charge in [-0.3, -0.25) is 0 Å². The van der Waals surface area contributed by atoms with Gasteiger partial charge in [0.1, 0.15) is 0 Å². The Morgan fingerprint density at radius 3 is 0.804 bits per heavy atom. The Bertz CT molecular complexity index is 1240. The normalized spacial score (nSPS) is 16.0. The molecular formula is C40H52CaO6P2S2. The summed E-state index contributed by atoms with van der Waals surface area (Å²) < 4.78 is 31.8. The quantitative estimate of drug-likeness (QED) is 0.129. The molecule has 4 aromatic rings. The maximum atomic E-state index is 12.1. The van der Waals surface area contributed by atoms with Crippen molar-refractivity contribution in [2.45, 2.75) is 51.4 Å². The third-order valence-electron chi connectivity index (χ3n) is 7.69. The molecule has 0 unspecified atom stereocenters. The van der Waals surface area contributed by atoms with Crippen LogP contribution in [0, 0.1) is 0 Å². The molecule has 4 aliphatic heterocycles. The van der Waals surface area contributed by atoms with Gasteiger partial charge in [-0.25, -0.2) is 0 Å². The van der Waals surface area contributed by atoms with Crippen molar-refractivity contribution in [1.29, 1.82) is 0 Å². The molecule has 4 saturated heterocycles. The first-order valence-electron chi connectivity index (χ1n) is 17.6. The molecule has 0 radical (unpaired) electrons. The molecule has 4 heterocycles. The number of hydrogen-bond donors (Lipinski definition) is 0. The average Bonchev–Trinajstić information content (AvgIpc) is 4.04. The first-order chi connectivity index (χ1) is 24.4. The van der Waals surface area contributed by atoms with E-state index in [1.807, 2.05) is 60.7 Å². The van der Waals surface area contributed by atoms with E-state index in [0.717, 1.165) is 63.5 Å². The third-order valence-corrected chi connectivity index (χ3v) is 14.1. The van der Waals surface area contributed by atoms with Crippen molar-refractivity contribution in [3.63, 3.8) is 0 Å². The molecule has 0 bridgehead atoms. The van der Waals surface area contributed by atoms with Gasteiger partial charge in [-0.15, -0.1) is 17.0 Å². The summed E-state index contributed by atoms with van der Waals surface area (Å²) >= 11 is 11.2. The fourth-order valence-electron chi connectivity index (χ4n) is 4.84. The topological polar surface area (TPSA) is 77.0 Å². The third kappa shape index (κ3) is 19.4. The number of ether oxygens (including phenoxy) is 4. The Balaban J connectivity index is 0.000000229. The van der Waals surface area contributed by atoms with Gasteiger partial charge in [0.2, 0.25) is 0 Å². The Morgan fingerprint density at radius 1 is 0.431 bits per heavy atom. The van der Waals surface area contributed by atoms with Crippen LogP contribution in [0.1, 0.15) is 51.4 Å². The summed E-state index contributed by atoms with van der Waals surface area (Å²) in [5.74, 6) is 0. The van der Waals surface area contributed by atoms with Gasteiger partial charge in [0.25, 0.3) is 0 Å². The van der Waals surface area contributed by atoms with E-state index in [0.29, 0.717) is 10.6 Å². The Kier molecular flexibility index (Phi) is 26.0. The van der Waals surface area contributed by atoms with Gasteiger partial charge in [-0.2, -0.15) is 0 Å². The summed E-state index contributed by atoms with van der Waals surface area (Å²) in [4.78, 5) is 12.1. The molecule has 4 aromatic carbocycles. The van der Waals surface area contributed by atoms with Gasteiger partial charge in [0.05, 0.1) is 7.37 Å². The molecule has 6 nitrogen and oxygen atoms in total. The minimum atomic E-state index is -3.65. The minimum Gasteiger partial charge on any atom is -0.793 e. The molecule has 272 valence electrons. The molecule has 51 heavy (non-hydrogen) atoms. The van der Waals surface area contributed by atoms with Crippen LogP contribution in [-0.2, 0) is 47.6 Å². The first-order valence-corrected chi connectivity index (χ1v) is 23.0. The molecule has 0 aromatic heterocycles. The molecule has 0 N–H and O–H groups in total. The van der Waals surface area contributed by atoms with E-state index in [1.54, 1.807) is 60.7 Å². The van der Waals surface area contributed by atoms with E-state index in [2.05, 4.69) is 0 Å².